The summed E-state index contributed by atoms with van der Waals surface area (Å²) >= 11 is 0. The van der Waals surface area contributed by atoms with Gasteiger partial charge in [-0.05, 0) is 12.8 Å². The van der Waals surface area contributed by atoms with E-state index in [0.29, 0.717) is 28.2 Å². The van der Waals surface area contributed by atoms with Crippen LogP contribution in [0.3, 0.4) is 0 Å². The highest BCUT2D eigenvalue weighted by molar-refractivity contribution is 6.10. The van der Waals surface area contributed by atoms with Crippen LogP contribution in [0.5, 0.6) is 17.2 Å². The standard InChI is InChI=1S/C17H22N2O4/c1-21-13-8-12-14(16(23-3)15(13)22-2)11(9-18-12)17(20)19-10-6-4-5-7-10/h8-10,18H,4-7H2,1-3H3,(H,19,20). The number of methoxy groups -OCH3 is 3. The Morgan fingerprint density at radius 2 is 1.83 bits per heavy atom. The maximum atomic E-state index is 12.6. The lowest BCUT2D eigenvalue weighted by atomic mass is 10.1. The molecule has 0 aliphatic heterocycles. The topological polar surface area (TPSA) is 72.6 Å². The summed E-state index contributed by atoms with van der Waals surface area (Å²) in [6.45, 7) is 0. The van der Waals surface area contributed by atoms with E-state index in [0.717, 1.165) is 18.4 Å². The van der Waals surface area contributed by atoms with Crippen LogP contribution in [0.1, 0.15) is 36.0 Å². The SMILES string of the molecule is COc1cc2[nH]cc(C(=O)NC3CCCC3)c2c(OC)c1OC. The van der Waals surface area contributed by atoms with E-state index in [4.69, 9.17) is 14.2 Å². The molecule has 1 aromatic heterocycles. The molecule has 0 spiro atoms. The van der Waals surface area contributed by atoms with Crippen molar-refractivity contribution in [2.45, 2.75) is 31.7 Å². The molecule has 1 aliphatic rings. The average molecular weight is 318 g/mol. The van der Waals surface area contributed by atoms with Crippen molar-refractivity contribution in [3.05, 3.63) is 17.8 Å². The summed E-state index contributed by atoms with van der Waals surface area (Å²) in [5, 5.41) is 3.81. The van der Waals surface area contributed by atoms with E-state index in [1.165, 1.54) is 12.8 Å². The number of rotatable bonds is 5. The van der Waals surface area contributed by atoms with Gasteiger partial charge in [-0.3, -0.25) is 4.79 Å². The lowest BCUT2D eigenvalue weighted by Gasteiger charge is -2.15. The highest BCUT2D eigenvalue weighted by atomic mass is 16.5. The molecular weight excluding hydrogens is 296 g/mol. The zero-order valence-electron chi connectivity index (χ0n) is 13.7. The molecule has 0 atom stereocenters. The Morgan fingerprint density at radius 3 is 2.43 bits per heavy atom. The first-order valence-electron chi connectivity index (χ1n) is 7.80. The smallest absolute Gasteiger partial charge is 0.253 e. The van der Waals surface area contributed by atoms with Crippen molar-refractivity contribution in [3.8, 4) is 17.2 Å². The van der Waals surface area contributed by atoms with E-state index < -0.39 is 0 Å². The molecule has 1 fully saturated rings. The predicted molar refractivity (Wildman–Crippen MR) is 87.7 cm³/mol. The van der Waals surface area contributed by atoms with Gasteiger partial charge in [-0.15, -0.1) is 0 Å². The fourth-order valence-corrected chi connectivity index (χ4v) is 3.27. The largest absolute Gasteiger partial charge is 0.493 e. The fourth-order valence-electron chi connectivity index (χ4n) is 3.27. The number of carbonyl (C=O) groups excluding carboxylic acids is 1. The second kappa shape index (κ2) is 6.40. The van der Waals surface area contributed by atoms with E-state index in [1.807, 2.05) is 6.07 Å². The van der Waals surface area contributed by atoms with Crippen molar-refractivity contribution in [2.24, 2.45) is 0 Å². The summed E-state index contributed by atoms with van der Waals surface area (Å²) in [4.78, 5) is 15.8. The number of aromatic amines is 1. The lowest BCUT2D eigenvalue weighted by Crippen LogP contribution is -2.32. The minimum atomic E-state index is -0.0892. The molecule has 23 heavy (non-hydrogen) atoms. The first kappa shape index (κ1) is 15.5. The number of fused-ring (bicyclic) bond motifs is 1. The zero-order chi connectivity index (χ0) is 16.4. The first-order chi connectivity index (χ1) is 11.2. The van der Waals surface area contributed by atoms with E-state index in [1.54, 1.807) is 27.5 Å². The van der Waals surface area contributed by atoms with Gasteiger partial charge in [-0.2, -0.15) is 0 Å². The van der Waals surface area contributed by atoms with Crippen molar-refractivity contribution in [3.63, 3.8) is 0 Å². The van der Waals surface area contributed by atoms with Crippen molar-refractivity contribution < 1.29 is 19.0 Å². The molecule has 2 aromatic rings. The molecule has 0 unspecified atom stereocenters. The molecule has 0 bridgehead atoms. The minimum absolute atomic E-state index is 0.0892. The van der Waals surface area contributed by atoms with Gasteiger partial charge >= 0.3 is 0 Å². The molecule has 1 amide bonds. The molecule has 1 aromatic carbocycles. The summed E-state index contributed by atoms with van der Waals surface area (Å²) in [5.74, 6) is 1.45. The number of amides is 1. The highest BCUT2D eigenvalue weighted by Crippen LogP contribution is 2.44. The molecule has 2 N–H and O–H groups in total. The summed E-state index contributed by atoms with van der Waals surface area (Å²) in [6, 6.07) is 2.07. The van der Waals surface area contributed by atoms with Gasteiger partial charge in [0.25, 0.3) is 5.91 Å². The van der Waals surface area contributed by atoms with Crippen molar-refractivity contribution in [2.75, 3.05) is 21.3 Å². The molecule has 124 valence electrons. The van der Waals surface area contributed by atoms with Gasteiger partial charge in [0.2, 0.25) is 5.75 Å². The summed E-state index contributed by atoms with van der Waals surface area (Å²) in [6.07, 6.45) is 6.14. The Labute approximate surface area is 135 Å². The van der Waals surface area contributed by atoms with Gasteiger partial charge in [0.15, 0.2) is 11.5 Å². The normalized spacial score (nSPS) is 14.9. The molecule has 1 aliphatic carbocycles. The summed E-state index contributed by atoms with van der Waals surface area (Å²) < 4.78 is 16.3. The maximum absolute atomic E-state index is 12.6. The van der Waals surface area contributed by atoms with E-state index in [2.05, 4.69) is 10.3 Å². The number of H-pyrrole nitrogens is 1. The molecule has 1 heterocycles. The quantitative estimate of drug-likeness (QED) is 0.889. The maximum Gasteiger partial charge on any atom is 0.253 e. The Bertz CT molecular complexity index is 717. The molecule has 3 rings (SSSR count). The number of hydrogen-bond donors (Lipinski definition) is 2. The number of aromatic nitrogens is 1. The van der Waals surface area contributed by atoms with Gasteiger partial charge < -0.3 is 24.5 Å². The fraction of sp³-hybridized carbons (Fsp3) is 0.471. The second-order valence-electron chi connectivity index (χ2n) is 5.73. The van der Waals surface area contributed by atoms with Crippen molar-refractivity contribution in [1.29, 1.82) is 0 Å². The van der Waals surface area contributed by atoms with Crippen LogP contribution in [0, 0.1) is 0 Å². The first-order valence-corrected chi connectivity index (χ1v) is 7.80. The van der Waals surface area contributed by atoms with Gasteiger partial charge in [-0.1, -0.05) is 12.8 Å². The molecule has 6 heteroatoms. The second-order valence-corrected chi connectivity index (χ2v) is 5.73. The van der Waals surface area contributed by atoms with Crippen LogP contribution < -0.4 is 19.5 Å². The number of carbonyl (C=O) groups is 1. The Balaban J connectivity index is 2.05. The van der Waals surface area contributed by atoms with Crippen LogP contribution in [-0.2, 0) is 0 Å². The Kier molecular flexibility index (Phi) is 4.32. The van der Waals surface area contributed by atoms with Crippen LogP contribution in [0.25, 0.3) is 10.9 Å². The van der Waals surface area contributed by atoms with Crippen molar-refractivity contribution >= 4 is 16.8 Å². The van der Waals surface area contributed by atoms with E-state index in [-0.39, 0.29) is 11.9 Å². The van der Waals surface area contributed by atoms with Crippen LogP contribution in [0.2, 0.25) is 0 Å². The van der Waals surface area contributed by atoms with Gasteiger partial charge in [0.1, 0.15) is 0 Å². The summed E-state index contributed by atoms with van der Waals surface area (Å²) in [5.41, 5.74) is 1.33. The third-order valence-corrected chi connectivity index (χ3v) is 4.41. The molecule has 0 radical (unpaired) electrons. The monoisotopic (exact) mass is 318 g/mol. The number of nitrogens with one attached hydrogen (secondary N) is 2. The number of benzene rings is 1. The molecule has 0 saturated heterocycles. The third kappa shape index (κ3) is 2.69. The van der Waals surface area contributed by atoms with Crippen LogP contribution in [-0.4, -0.2) is 38.3 Å². The Morgan fingerprint density at radius 1 is 1.13 bits per heavy atom. The zero-order valence-corrected chi connectivity index (χ0v) is 13.7. The number of ether oxygens (including phenoxy) is 3. The number of hydrogen-bond acceptors (Lipinski definition) is 4. The van der Waals surface area contributed by atoms with Gasteiger partial charge in [0.05, 0.1) is 37.8 Å². The van der Waals surface area contributed by atoms with Crippen LogP contribution >= 0.6 is 0 Å². The minimum Gasteiger partial charge on any atom is -0.493 e. The Hall–Kier alpha value is -2.37. The van der Waals surface area contributed by atoms with Crippen molar-refractivity contribution in [1.82, 2.24) is 10.3 Å². The molecule has 1 saturated carbocycles. The van der Waals surface area contributed by atoms with Crippen LogP contribution in [0.15, 0.2) is 12.3 Å². The third-order valence-electron chi connectivity index (χ3n) is 4.41. The van der Waals surface area contributed by atoms with E-state index in [9.17, 15) is 4.79 Å². The molecule has 6 nitrogen and oxygen atoms in total. The lowest BCUT2D eigenvalue weighted by molar-refractivity contribution is 0.0939. The van der Waals surface area contributed by atoms with Gasteiger partial charge in [0, 0.05) is 18.3 Å². The summed E-state index contributed by atoms with van der Waals surface area (Å²) in [7, 11) is 4.68. The highest BCUT2D eigenvalue weighted by Gasteiger charge is 2.24. The van der Waals surface area contributed by atoms with Crippen LogP contribution in [0.4, 0.5) is 0 Å². The van der Waals surface area contributed by atoms with Gasteiger partial charge in [-0.25, -0.2) is 0 Å². The predicted octanol–water partition coefficient (Wildman–Crippen LogP) is 2.87. The molecular formula is C17H22N2O4. The average Bonchev–Trinajstić information content (AvgIpc) is 3.21. The van der Waals surface area contributed by atoms with E-state index >= 15 is 0 Å².